The first-order valence-electron chi connectivity index (χ1n) is 6.36. The summed E-state index contributed by atoms with van der Waals surface area (Å²) in [5, 5.41) is 2.95. The first-order valence-corrected chi connectivity index (χ1v) is 6.89. The van der Waals surface area contributed by atoms with Crippen LogP contribution in [0.3, 0.4) is 0 Å². The van der Waals surface area contributed by atoms with Crippen LogP contribution in [0.15, 0.2) is 18.2 Å². The van der Waals surface area contributed by atoms with Crippen molar-refractivity contribution in [2.45, 2.75) is 25.8 Å². The van der Waals surface area contributed by atoms with Crippen LogP contribution in [0, 0.1) is 0 Å². The molecular formula is C14H18ClNO3. The van der Waals surface area contributed by atoms with Gasteiger partial charge < -0.3 is 14.8 Å². The molecule has 1 heterocycles. The van der Waals surface area contributed by atoms with E-state index in [0.29, 0.717) is 36.2 Å². The van der Waals surface area contributed by atoms with E-state index in [0.717, 1.165) is 6.42 Å². The highest BCUT2D eigenvalue weighted by Gasteiger charge is 2.24. The number of nitrogens with one attached hydrogen (secondary N) is 1. The molecule has 1 aromatic rings. The van der Waals surface area contributed by atoms with E-state index in [1.165, 1.54) is 0 Å². The Kier molecular flexibility index (Phi) is 4.20. The van der Waals surface area contributed by atoms with Crippen LogP contribution in [0.2, 0.25) is 0 Å². The molecule has 1 unspecified atom stereocenters. The number of benzene rings is 1. The highest BCUT2D eigenvalue weighted by atomic mass is 35.5. The molecule has 1 aliphatic heterocycles. The monoisotopic (exact) mass is 283 g/mol. The van der Waals surface area contributed by atoms with Crippen molar-refractivity contribution in [2.24, 2.45) is 0 Å². The number of carbonyl (C=O) groups is 1. The molecule has 1 amide bonds. The fourth-order valence-corrected chi connectivity index (χ4v) is 2.00. The minimum Gasteiger partial charge on any atom is -0.486 e. The van der Waals surface area contributed by atoms with Crippen LogP contribution < -0.4 is 14.8 Å². The number of alkyl halides is 1. The van der Waals surface area contributed by atoms with Crippen molar-refractivity contribution in [3.63, 3.8) is 0 Å². The second-order valence-electron chi connectivity index (χ2n) is 4.86. The molecule has 1 atom stereocenters. The molecule has 0 bridgehead atoms. The van der Waals surface area contributed by atoms with Gasteiger partial charge in [-0.25, -0.2) is 0 Å². The van der Waals surface area contributed by atoms with Gasteiger partial charge in [-0.1, -0.05) is 6.92 Å². The van der Waals surface area contributed by atoms with Gasteiger partial charge in [0, 0.05) is 11.4 Å². The van der Waals surface area contributed by atoms with Crippen molar-refractivity contribution in [1.29, 1.82) is 0 Å². The Morgan fingerprint density at radius 1 is 1.37 bits per heavy atom. The standard InChI is InChI=1S/C14H18ClNO3/c1-3-14(2,9-15)16-13(17)10-4-5-11-12(8-10)19-7-6-18-11/h4-5,8H,3,6-7,9H2,1-2H3,(H,16,17). The third kappa shape index (κ3) is 3.13. The molecule has 0 spiro atoms. The fraction of sp³-hybridized carbons (Fsp3) is 0.500. The lowest BCUT2D eigenvalue weighted by Crippen LogP contribution is -2.47. The molecule has 0 fully saturated rings. The zero-order valence-electron chi connectivity index (χ0n) is 11.2. The minimum absolute atomic E-state index is 0.151. The number of hydrogen-bond acceptors (Lipinski definition) is 3. The van der Waals surface area contributed by atoms with Crippen LogP contribution in [0.1, 0.15) is 30.6 Å². The van der Waals surface area contributed by atoms with Crippen LogP contribution >= 0.6 is 11.6 Å². The third-order valence-electron chi connectivity index (χ3n) is 3.29. The maximum absolute atomic E-state index is 12.2. The Balaban J connectivity index is 2.15. The zero-order chi connectivity index (χ0) is 13.9. The van der Waals surface area contributed by atoms with Gasteiger partial charge in [0.05, 0.1) is 5.54 Å². The lowest BCUT2D eigenvalue weighted by molar-refractivity contribution is 0.0911. The largest absolute Gasteiger partial charge is 0.486 e. The summed E-state index contributed by atoms with van der Waals surface area (Å²) >= 11 is 5.90. The Morgan fingerprint density at radius 2 is 2.05 bits per heavy atom. The molecule has 19 heavy (non-hydrogen) atoms. The summed E-state index contributed by atoms with van der Waals surface area (Å²) < 4.78 is 10.9. The number of ether oxygens (including phenoxy) is 2. The molecule has 0 saturated carbocycles. The maximum atomic E-state index is 12.2. The molecule has 0 saturated heterocycles. The topological polar surface area (TPSA) is 47.6 Å². The fourth-order valence-electron chi connectivity index (χ4n) is 1.75. The van der Waals surface area contributed by atoms with Crippen molar-refractivity contribution >= 4 is 17.5 Å². The van der Waals surface area contributed by atoms with Crippen LogP contribution in [-0.4, -0.2) is 30.5 Å². The van der Waals surface area contributed by atoms with Crippen LogP contribution in [0.25, 0.3) is 0 Å². The SMILES string of the molecule is CCC(C)(CCl)NC(=O)c1ccc2c(c1)OCCO2. The van der Waals surface area contributed by atoms with Crippen molar-refractivity contribution in [1.82, 2.24) is 5.32 Å². The van der Waals surface area contributed by atoms with Crippen LogP contribution in [-0.2, 0) is 0 Å². The van der Waals surface area contributed by atoms with E-state index in [9.17, 15) is 4.79 Å². The number of hydrogen-bond donors (Lipinski definition) is 1. The van der Waals surface area contributed by atoms with Gasteiger partial charge in [-0.05, 0) is 31.5 Å². The lowest BCUT2D eigenvalue weighted by Gasteiger charge is -2.27. The lowest BCUT2D eigenvalue weighted by atomic mass is 10.0. The molecule has 5 heteroatoms. The van der Waals surface area contributed by atoms with Gasteiger partial charge in [0.2, 0.25) is 0 Å². The number of rotatable bonds is 4. The number of fused-ring (bicyclic) bond motifs is 1. The maximum Gasteiger partial charge on any atom is 0.251 e. The van der Waals surface area contributed by atoms with Gasteiger partial charge in [-0.2, -0.15) is 0 Å². The van der Waals surface area contributed by atoms with Gasteiger partial charge in [0.15, 0.2) is 11.5 Å². The van der Waals surface area contributed by atoms with Gasteiger partial charge in [0.25, 0.3) is 5.91 Å². The van der Waals surface area contributed by atoms with E-state index in [1.54, 1.807) is 18.2 Å². The van der Waals surface area contributed by atoms with Crippen molar-refractivity contribution in [2.75, 3.05) is 19.1 Å². The highest BCUT2D eigenvalue weighted by molar-refractivity contribution is 6.18. The molecule has 1 aliphatic rings. The summed E-state index contributed by atoms with van der Waals surface area (Å²) in [5.74, 6) is 1.52. The predicted molar refractivity (Wildman–Crippen MR) is 74.3 cm³/mol. The smallest absolute Gasteiger partial charge is 0.251 e. The van der Waals surface area contributed by atoms with Gasteiger partial charge in [-0.3, -0.25) is 4.79 Å². The molecular weight excluding hydrogens is 266 g/mol. The molecule has 2 rings (SSSR count). The summed E-state index contributed by atoms with van der Waals surface area (Å²) in [6, 6.07) is 5.19. The Labute approximate surface area is 118 Å². The molecule has 0 aromatic heterocycles. The van der Waals surface area contributed by atoms with Gasteiger partial charge in [0.1, 0.15) is 13.2 Å². The van der Waals surface area contributed by atoms with Crippen molar-refractivity contribution in [3.05, 3.63) is 23.8 Å². The van der Waals surface area contributed by atoms with Crippen LogP contribution in [0.5, 0.6) is 11.5 Å². The highest BCUT2D eigenvalue weighted by Crippen LogP contribution is 2.30. The third-order valence-corrected chi connectivity index (χ3v) is 3.88. The Morgan fingerprint density at radius 3 is 2.68 bits per heavy atom. The van der Waals surface area contributed by atoms with E-state index in [1.807, 2.05) is 13.8 Å². The average Bonchev–Trinajstić information content (AvgIpc) is 2.46. The molecule has 4 nitrogen and oxygen atoms in total. The molecule has 0 radical (unpaired) electrons. The first-order chi connectivity index (χ1) is 9.08. The Bertz CT molecular complexity index is 472. The average molecular weight is 284 g/mol. The zero-order valence-corrected chi connectivity index (χ0v) is 11.9. The van der Waals surface area contributed by atoms with E-state index in [-0.39, 0.29) is 5.91 Å². The summed E-state index contributed by atoms with van der Waals surface area (Å²) in [6.07, 6.45) is 0.771. The minimum atomic E-state index is -0.397. The second-order valence-corrected chi connectivity index (χ2v) is 5.13. The molecule has 1 aromatic carbocycles. The van der Waals surface area contributed by atoms with E-state index < -0.39 is 5.54 Å². The summed E-state index contributed by atoms with van der Waals surface area (Å²) in [4.78, 5) is 12.2. The summed E-state index contributed by atoms with van der Waals surface area (Å²) in [5.41, 5.74) is 0.153. The molecule has 104 valence electrons. The van der Waals surface area contributed by atoms with E-state index in [4.69, 9.17) is 21.1 Å². The van der Waals surface area contributed by atoms with E-state index in [2.05, 4.69) is 5.32 Å². The molecule has 0 aliphatic carbocycles. The second kappa shape index (κ2) is 5.70. The summed E-state index contributed by atoms with van der Waals surface area (Å²) in [6.45, 7) is 4.97. The van der Waals surface area contributed by atoms with Crippen molar-refractivity contribution in [3.8, 4) is 11.5 Å². The number of halogens is 1. The van der Waals surface area contributed by atoms with E-state index >= 15 is 0 Å². The normalized spacial score (nSPS) is 16.6. The van der Waals surface area contributed by atoms with Crippen LogP contribution in [0.4, 0.5) is 0 Å². The number of carbonyl (C=O) groups excluding carboxylic acids is 1. The first kappa shape index (κ1) is 14.0. The number of amides is 1. The predicted octanol–water partition coefficient (Wildman–Crippen LogP) is 2.60. The van der Waals surface area contributed by atoms with Crippen molar-refractivity contribution < 1.29 is 14.3 Å². The van der Waals surface area contributed by atoms with Gasteiger partial charge in [-0.15, -0.1) is 11.6 Å². The van der Waals surface area contributed by atoms with Gasteiger partial charge >= 0.3 is 0 Å². The summed E-state index contributed by atoms with van der Waals surface area (Å²) in [7, 11) is 0. The molecule has 1 N–H and O–H groups in total. The Hall–Kier alpha value is -1.42. The quantitative estimate of drug-likeness (QED) is 0.864.